The number of aliphatic carboxylic acids is 1. The predicted molar refractivity (Wildman–Crippen MR) is 63.6 cm³/mol. The molecule has 0 radical (unpaired) electrons. The third-order valence-corrected chi connectivity index (χ3v) is 2.21. The Bertz CT molecular complexity index is 499. The molecule has 0 aromatic heterocycles. The van der Waals surface area contributed by atoms with Crippen molar-refractivity contribution in [1.29, 1.82) is 0 Å². The highest BCUT2D eigenvalue weighted by molar-refractivity contribution is 5.98. The summed E-state index contributed by atoms with van der Waals surface area (Å²) in [7, 11) is 0. The maximum Gasteiger partial charge on any atom is 0.329 e. The number of rotatable bonds is 5. The van der Waals surface area contributed by atoms with E-state index in [9.17, 15) is 19.5 Å². The largest absolute Gasteiger partial charge is 0.507 e. The van der Waals surface area contributed by atoms with Crippen LogP contribution in [0, 0.1) is 0 Å². The highest BCUT2D eigenvalue weighted by Gasteiger charge is 2.23. The first kappa shape index (κ1) is 14.5. The summed E-state index contributed by atoms with van der Waals surface area (Å²) in [6.07, 6.45) is 0. The molecule has 0 aliphatic heterocycles. The number of carbonyl (C=O) groups excluding carboxylic acids is 2. The summed E-state index contributed by atoms with van der Waals surface area (Å²) in [6, 6.07) is 4.32. The van der Waals surface area contributed by atoms with E-state index in [1.54, 1.807) is 0 Å². The predicted octanol–water partition coefficient (Wildman–Crippen LogP) is 0.138. The van der Waals surface area contributed by atoms with Crippen molar-refractivity contribution in [2.45, 2.75) is 13.0 Å². The molecule has 1 atom stereocenters. The van der Waals surface area contributed by atoms with Gasteiger partial charge in [-0.2, -0.15) is 0 Å². The Kier molecular flexibility index (Phi) is 4.87. The summed E-state index contributed by atoms with van der Waals surface area (Å²) < 4.78 is 4.54. The van der Waals surface area contributed by atoms with Crippen LogP contribution in [0.2, 0.25) is 0 Å². The van der Waals surface area contributed by atoms with Gasteiger partial charge in [-0.3, -0.25) is 9.59 Å². The molecule has 1 aromatic rings. The molecule has 1 aromatic carbocycles. The monoisotopic (exact) mass is 267 g/mol. The second kappa shape index (κ2) is 6.39. The van der Waals surface area contributed by atoms with E-state index in [2.05, 4.69) is 10.1 Å². The van der Waals surface area contributed by atoms with Gasteiger partial charge in [0.25, 0.3) is 5.91 Å². The number of carboxylic acid groups (broad SMARTS) is 1. The highest BCUT2D eigenvalue weighted by Crippen LogP contribution is 2.15. The zero-order valence-corrected chi connectivity index (χ0v) is 10.1. The van der Waals surface area contributed by atoms with Crippen molar-refractivity contribution >= 4 is 17.8 Å². The first-order chi connectivity index (χ1) is 8.91. The zero-order valence-electron chi connectivity index (χ0n) is 10.1. The van der Waals surface area contributed by atoms with E-state index < -0.39 is 30.5 Å². The number of para-hydroxylation sites is 1. The topological polar surface area (TPSA) is 113 Å². The lowest BCUT2D eigenvalue weighted by atomic mass is 10.1. The van der Waals surface area contributed by atoms with Gasteiger partial charge >= 0.3 is 11.9 Å². The fourth-order valence-corrected chi connectivity index (χ4v) is 1.28. The van der Waals surface area contributed by atoms with Crippen molar-refractivity contribution in [3.63, 3.8) is 0 Å². The van der Waals surface area contributed by atoms with Gasteiger partial charge in [0.1, 0.15) is 12.4 Å². The van der Waals surface area contributed by atoms with Crippen molar-refractivity contribution in [3.8, 4) is 5.75 Å². The van der Waals surface area contributed by atoms with Gasteiger partial charge < -0.3 is 20.3 Å². The third kappa shape index (κ3) is 4.30. The minimum atomic E-state index is -1.38. The van der Waals surface area contributed by atoms with E-state index in [1.807, 2.05) is 0 Å². The van der Waals surface area contributed by atoms with E-state index in [-0.39, 0.29) is 11.3 Å². The summed E-state index contributed by atoms with van der Waals surface area (Å²) in [5.74, 6) is -3.03. The Morgan fingerprint density at radius 2 is 1.95 bits per heavy atom. The van der Waals surface area contributed by atoms with E-state index in [1.165, 1.54) is 24.3 Å². The van der Waals surface area contributed by atoms with Gasteiger partial charge in [0.2, 0.25) is 0 Å². The Hall–Kier alpha value is -2.57. The van der Waals surface area contributed by atoms with E-state index in [4.69, 9.17) is 5.11 Å². The number of amides is 1. The molecule has 0 spiro atoms. The summed E-state index contributed by atoms with van der Waals surface area (Å²) in [6.45, 7) is 0.647. The molecule has 0 fully saturated rings. The van der Waals surface area contributed by atoms with Crippen LogP contribution in [0.15, 0.2) is 24.3 Å². The molecular weight excluding hydrogens is 254 g/mol. The van der Waals surface area contributed by atoms with Gasteiger partial charge in [-0.25, -0.2) is 4.79 Å². The van der Waals surface area contributed by atoms with Crippen LogP contribution < -0.4 is 5.32 Å². The minimum absolute atomic E-state index is 0.0587. The maximum atomic E-state index is 11.8. The number of carboxylic acids is 1. The Morgan fingerprint density at radius 3 is 2.47 bits per heavy atom. The van der Waals surface area contributed by atoms with Gasteiger partial charge in [-0.1, -0.05) is 12.1 Å². The quantitative estimate of drug-likeness (QED) is 0.654. The standard InChI is InChI=1S/C12H13NO6/c1-7(14)19-6-9(12(17)18)13-11(16)8-4-2-3-5-10(8)15/h2-5,9,15H,6H2,1H3,(H,13,16)(H,17,18)/t9-/m0/s1. The van der Waals surface area contributed by atoms with E-state index >= 15 is 0 Å². The maximum absolute atomic E-state index is 11.8. The number of ether oxygens (including phenoxy) is 1. The average Bonchev–Trinajstić information content (AvgIpc) is 2.34. The molecule has 1 amide bonds. The molecule has 3 N–H and O–H groups in total. The molecule has 7 nitrogen and oxygen atoms in total. The van der Waals surface area contributed by atoms with Crippen LogP contribution in [-0.4, -0.2) is 40.7 Å². The van der Waals surface area contributed by atoms with Gasteiger partial charge in [0.05, 0.1) is 5.56 Å². The Balaban J connectivity index is 2.74. The minimum Gasteiger partial charge on any atom is -0.507 e. The summed E-state index contributed by atoms with van der Waals surface area (Å²) in [5, 5.41) is 20.5. The molecule has 0 heterocycles. The average molecular weight is 267 g/mol. The molecule has 1 rings (SSSR count). The summed E-state index contributed by atoms with van der Waals surface area (Å²) in [5.41, 5.74) is -0.0587. The van der Waals surface area contributed by atoms with Gasteiger partial charge in [0, 0.05) is 6.92 Å². The van der Waals surface area contributed by atoms with Gasteiger partial charge in [-0.05, 0) is 12.1 Å². The molecular formula is C12H13NO6. The number of esters is 1. The van der Waals surface area contributed by atoms with Gasteiger partial charge in [0.15, 0.2) is 6.04 Å². The third-order valence-electron chi connectivity index (χ3n) is 2.21. The van der Waals surface area contributed by atoms with Crippen molar-refractivity contribution in [3.05, 3.63) is 29.8 Å². The van der Waals surface area contributed by atoms with Crippen molar-refractivity contribution in [2.75, 3.05) is 6.61 Å². The van der Waals surface area contributed by atoms with Crippen molar-refractivity contribution < 1.29 is 29.3 Å². The molecule has 0 saturated carbocycles. The first-order valence-electron chi connectivity index (χ1n) is 5.37. The first-order valence-corrected chi connectivity index (χ1v) is 5.37. The zero-order chi connectivity index (χ0) is 14.4. The lowest BCUT2D eigenvalue weighted by Gasteiger charge is -2.14. The number of aromatic hydroxyl groups is 1. The SMILES string of the molecule is CC(=O)OC[C@H](NC(=O)c1ccccc1O)C(=O)O. The molecule has 102 valence electrons. The number of hydrogen-bond donors (Lipinski definition) is 3. The number of carbonyl (C=O) groups is 3. The lowest BCUT2D eigenvalue weighted by molar-refractivity contribution is -0.146. The molecule has 0 bridgehead atoms. The van der Waals surface area contributed by atoms with E-state index in [0.717, 1.165) is 6.92 Å². The molecule has 0 saturated heterocycles. The van der Waals surface area contributed by atoms with Crippen LogP contribution in [0.25, 0.3) is 0 Å². The van der Waals surface area contributed by atoms with Gasteiger partial charge in [-0.15, -0.1) is 0 Å². The molecule has 7 heteroatoms. The second-order valence-electron chi connectivity index (χ2n) is 3.68. The molecule has 0 aliphatic rings. The van der Waals surface area contributed by atoms with Crippen LogP contribution in [-0.2, 0) is 14.3 Å². The molecule has 19 heavy (non-hydrogen) atoms. The Morgan fingerprint density at radius 1 is 1.32 bits per heavy atom. The van der Waals surface area contributed by atoms with Crippen molar-refractivity contribution in [2.24, 2.45) is 0 Å². The number of hydrogen-bond acceptors (Lipinski definition) is 5. The highest BCUT2D eigenvalue weighted by atomic mass is 16.5. The van der Waals surface area contributed by atoms with Crippen molar-refractivity contribution in [1.82, 2.24) is 5.32 Å². The fraction of sp³-hybridized carbons (Fsp3) is 0.250. The normalized spacial score (nSPS) is 11.4. The molecule has 0 unspecified atom stereocenters. The van der Waals surface area contributed by atoms with Crippen LogP contribution in [0.3, 0.4) is 0 Å². The van der Waals surface area contributed by atoms with E-state index in [0.29, 0.717) is 0 Å². The van der Waals surface area contributed by atoms with Crippen LogP contribution in [0.1, 0.15) is 17.3 Å². The second-order valence-corrected chi connectivity index (χ2v) is 3.68. The smallest absolute Gasteiger partial charge is 0.329 e. The lowest BCUT2D eigenvalue weighted by Crippen LogP contribution is -2.44. The summed E-state index contributed by atoms with van der Waals surface area (Å²) in [4.78, 5) is 33.3. The number of phenolic OH excluding ortho intramolecular Hbond substituents is 1. The number of phenols is 1. The van der Waals surface area contributed by atoms with Crippen LogP contribution >= 0.6 is 0 Å². The molecule has 0 aliphatic carbocycles. The number of benzene rings is 1. The fourth-order valence-electron chi connectivity index (χ4n) is 1.28. The Labute approximate surface area is 108 Å². The number of nitrogens with one attached hydrogen (secondary N) is 1. The van der Waals surface area contributed by atoms with Crippen LogP contribution in [0.4, 0.5) is 0 Å². The summed E-state index contributed by atoms with van der Waals surface area (Å²) >= 11 is 0. The van der Waals surface area contributed by atoms with Crippen LogP contribution in [0.5, 0.6) is 5.75 Å².